The van der Waals surface area contributed by atoms with Gasteiger partial charge in [0, 0.05) is 16.3 Å². The van der Waals surface area contributed by atoms with E-state index >= 15 is 0 Å². The van der Waals surface area contributed by atoms with Gasteiger partial charge in [-0.25, -0.2) is 17.5 Å². The Balaban J connectivity index is 3.08. The van der Waals surface area contributed by atoms with Crippen molar-refractivity contribution in [3.63, 3.8) is 0 Å². The van der Waals surface area contributed by atoms with Crippen LogP contribution in [0.15, 0.2) is 17.0 Å². The van der Waals surface area contributed by atoms with Crippen molar-refractivity contribution in [3.05, 3.63) is 23.0 Å². The Morgan fingerprint density at radius 2 is 2.05 bits per heavy atom. The molecule has 0 spiro atoms. The van der Waals surface area contributed by atoms with Gasteiger partial charge in [0.2, 0.25) is 10.0 Å². The molecule has 19 heavy (non-hydrogen) atoms. The van der Waals surface area contributed by atoms with Crippen molar-refractivity contribution in [2.24, 2.45) is 0 Å². The summed E-state index contributed by atoms with van der Waals surface area (Å²) in [5.74, 6) is -0.987. The Morgan fingerprint density at radius 1 is 1.47 bits per heavy atom. The lowest BCUT2D eigenvalue weighted by Gasteiger charge is -2.22. The number of halogens is 2. The van der Waals surface area contributed by atoms with Gasteiger partial charge in [0.15, 0.2) is 5.82 Å². The maximum Gasteiger partial charge on any atom is 0.243 e. The van der Waals surface area contributed by atoms with Gasteiger partial charge in [0.05, 0.1) is 5.69 Å². The third-order valence-electron chi connectivity index (χ3n) is 2.56. The second kappa shape index (κ2) is 5.87. The standard InChI is InChI=1S/C11H16ClFN2O2S2/c1-11(2,18-3)6-15-19(16,17)9-5-7(12)4-8(14)10(9)13/h4-5,15H,6,14H2,1-3H3. The first-order chi connectivity index (χ1) is 8.59. The molecule has 1 rings (SSSR count). The molecule has 0 unspecified atom stereocenters. The van der Waals surface area contributed by atoms with Crippen LogP contribution in [0.1, 0.15) is 13.8 Å². The van der Waals surface area contributed by atoms with Gasteiger partial charge in [-0.2, -0.15) is 11.8 Å². The number of hydrogen-bond acceptors (Lipinski definition) is 4. The zero-order valence-electron chi connectivity index (χ0n) is 10.8. The van der Waals surface area contributed by atoms with Crippen molar-refractivity contribution in [1.82, 2.24) is 4.72 Å². The zero-order valence-corrected chi connectivity index (χ0v) is 13.2. The molecule has 0 saturated carbocycles. The molecule has 0 atom stereocenters. The number of nitrogens with one attached hydrogen (secondary N) is 1. The van der Waals surface area contributed by atoms with E-state index in [1.54, 1.807) is 0 Å². The van der Waals surface area contributed by atoms with E-state index in [1.807, 2.05) is 20.1 Å². The molecule has 0 aliphatic carbocycles. The van der Waals surface area contributed by atoms with E-state index in [9.17, 15) is 12.8 Å². The maximum absolute atomic E-state index is 13.8. The summed E-state index contributed by atoms with van der Waals surface area (Å²) in [6.07, 6.45) is 1.87. The third kappa shape index (κ3) is 4.24. The van der Waals surface area contributed by atoms with E-state index in [1.165, 1.54) is 17.8 Å². The summed E-state index contributed by atoms with van der Waals surface area (Å²) < 4.78 is 39.9. The highest BCUT2D eigenvalue weighted by atomic mass is 35.5. The average molecular weight is 327 g/mol. The Morgan fingerprint density at radius 3 is 2.58 bits per heavy atom. The number of thioether (sulfide) groups is 1. The van der Waals surface area contributed by atoms with Crippen LogP contribution in [0.25, 0.3) is 0 Å². The molecule has 0 fully saturated rings. The molecule has 0 aliphatic heterocycles. The van der Waals surface area contributed by atoms with Crippen LogP contribution in [0.4, 0.5) is 10.1 Å². The molecule has 1 aromatic rings. The van der Waals surface area contributed by atoms with Gasteiger partial charge in [0.1, 0.15) is 4.90 Å². The summed E-state index contributed by atoms with van der Waals surface area (Å²) in [4.78, 5) is -0.533. The molecular formula is C11H16ClFN2O2S2. The normalized spacial score (nSPS) is 12.7. The van der Waals surface area contributed by atoms with Gasteiger partial charge in [-0.1, -0.05) is 11.6 Å². The summed E-state index contributed by atoms with van der Waals surface area (Å²) in [5, 5.41) is 0.0726. The highest BCUT2D eigenvalue weighted by molar-refractivity contribution is 8.00. The fourth-order valence-electron chi connectivity index (χ4n) is 1.20. The summed E-state index contributed by atoms with van der Waals surface area (Å²) in [7, 11) is -3.98. The first-order valence-corrected chi connectivity index (χ1v) is 8.47. The van der Waals surface area contributed by atoms with E-state index in [4.69, 9.17) is 17.3 Å². The average Bonchev–Trinajstić information content (AvgIpc) is 2.31. The van der Waals surface area contributed by atoms with Crippen LogP contribution in [-0.4, -0.2) is 26.0 Å². The van der Waals surface area contributed by atoms with Crippen LogP contribution in [0.5, 0.6) is 0 Å². The summed E-state index contributed by atoms with van der Waals surface area (Å²) in [6.45, 7) is 3.92. The smallest absolute Gasteiger partial charge is 0.243 e. The number of nitrogen functional groups attached to an aromatic ring is 1. The van der Waals surface area contributed by atoms with Gasteiger partial charge < -0.3 is 5.73 Å². The molecule has 0 heterocycles. The van der Waals surface area contributed by atoms with E-state index < -0.39 is 20.7 Å². The number of benzene rings is 1. The Kier molecular flexibility index (Phi) is 5.11. The second-order valence-corrected chi connectivity index (χ2v) is 8.28. The Bertz CT molecular complexity index is 576. The number of nitrogens with two attached hydrogens (primary N) is 1. The van der Waals surface area contributed by atoms with Gasteiger partial charge in [-0.15, -0.1) is 0 Å². The molecule has 4 nitrogen and oxygen atoms in total. The predicted octanol–water partition coefficient (Wildman–Crippen LogP) is 2.48. The molecule has 3 N–H and O–H groups in total. The van der Waals surface area contributed by atoms with E-state index in [2.05, 4.69) is 4.72 Å². The molecule has 0 aromatic heterocycles. The van der Waals surface area contributed by atoms with Gasteiger partial charge >= 0.3 is 0 Å². The van der Waals surface area contributed by atoms with Crippen LogP contribution in [0.3, 0.4) is 0 Å². The highest BCUT2D eigenvalue weighted by Crippen LogP contribution is 2.26. The lowest BCUT2D eigenvalue weighted by molar-refractivity contribution is 0.552. The molecule has 0 amide bonds. The first-order valence-electron chi connectivity index (χ1n) is 5.38. The van der Waals surface area contributed by atoms with Crippen LogP contribution in [-0.2, 0) is 10.0 Å². The molecule has 0 aliphatic rings. The second-order valence-electron chi connectivity index (χ2n) is 4.60. The SMILES string of the molecule is CSC(C)(C)CNS(=O)(=O)c1cc(Cl)cc(N)c1F. The lowest BCUT2D eigenvalue weighted by atomic mass is 10.2. The number of hydrogen-bond donors (Lipinski definition) is 2. The number of rotatable bonds is 5. The summed E-state index contributed by atoms with van der Waals surface area (Å²) >= 11 is 7.20. The zero-order chi connectivity index (χ0) is 14.8. The summed E-state index contributed by atoms with van der Waals surface area (Å²) in [5.41, 5.74) is 5.08. The largest absolute Gasteiger partial charge is 0.396 e. The minimum absolute atomic E-state index is 0.0726. The maximum atomic E-state index is 13.8. The van der Waals surface area contributed by atoms with Crippen molar-refractivity contribution in [3.8, 4) is 0 Å². The molecule has 8 heteroatoms. The van der Waals surface area contributed by atoms with Crippen LogP contribution in [0.2, 0.25) is 5.02 Å². The fraction of sp³-hybridized carbons (Fsp3) is 0.455. The van der Waals surface area contributed by atoms with Crippen LogP contribution in [0, 0.1) is 5.82 Å². The predicted molar refractivity (Wildman–Crippen MR) is 78.6 cm³/mol. The van der Waals surface area contributed by atoms with E-state index in [-0.39, 0.29) is 22.0 Å². The molecule has 0 radical (unpaired) electrons. The van der Waals surface area contributed by atoms with Crippen LogP contribution < -0.4 is 10.5 Å². The fourth-order valence-corrected chi connectivity index (χ4v) is 3.14. The van der Waals surface area contributed by atoms with Gasteiger partial charge in [0.25, 0.3) is 0 Å². The van der Waals surface area contributed by atoms with Crippen molar-refractivity contribution in [2.45, 2.75) is 23.5 Å². The highest BCUT2D eigenvalue weighted by Gasteiger charge is 2.25. The summed E-state index contributed by atoms with van der Waals surface area (Å²) in [6, 6.07) is 2.21. The molecule has 1 aromatic carbocycles. The van der Waals surface area contributed by atoms with Crippen LogP contribution >= 0.6 is 23.4 Å². The topological polar surface area (TPSA) is 72.2 Å². The number of sulfonamides is 1. The van der Waals surface area contributed by atoms with Crippen molar-refractivity contribution in [1.29, 1.82) is 0 Å². The minimum Gasteiger partial charge on any atom is -0.396 e. The van der Waals surface area contributed by atoms with E-state index in [0.29, 0.717) is 0 Å². The molecule has 108 valence electrons. The Hall–Kier alpha value is -0.500. The lowest BCUT2D eigenvalue weighted by Crippen LogP contribution is -2.36. The van der Waals surface area contributed by atoms with Crippen molar-refractivity contribution >= 4 is 39.1 Å². The van der Waals surface area contributed by atoms with Gasteiger partial charge in [-0.3, -0.25) is 0 Å². The van der Waals surface area contributed by atoms with Gasteiger partial charge in [-0.05, 0) is 32.2 Å². The quantitative estimate of drug-likeness (QED) is 0.815. The molecule has 0 saturated heterocycles. The van der Waals surface area contributed by atoms with E-state index in [0.717, 1.165) is 6.07 Å². The molecule has 0 bridgehead atoms. The van der Waals surface area contributed by atoms with Crippen molar-refractivity contribution in [2.75, 3.05) is 18.5 Å². The van der Waals surface area contributed by atoms with Crippen molar-refractivity contribution < 1.29 is 12.8 Å². The first kappa shape index (κ1) is 16.6. The number of anilines is 1. The minimum atomic E-state index is -3.98. The Labute approximate surface area is 121 Å². The third-order valence-corrected chi connectivity index (χ3v) is 5.43. The molecular weight excluding hydrogens is 311 g/mol. The monoisotopic (exact) mass is 326 g/mol.